The fourth-order valence-corrected chi connectivity index (χ4v) is 6.56. The number of thioether (sulfide) groups is 1. The average Bonchev–Trinajstić information content (AvgIpc) is 2.99. The molecule has 2 saturated heterocycles. The summed E-state index contributed by atoms with van der Waals surface area (Å²) in [5.41, 5.74) is 0.607. The minimum atomic E-state index is -3.52. The van der Waals surface area contributed by atoms with E-state index >= 15 is 0 Å². The second-order valence-electron chi connectivity index (χ2n) is 5.51. The highest BCUT2D eigenvalue weighted by Gasteiger charge is 2.41. The van der Waals surface area contributed by atoms with E-state index < -0.39 is 10.0 Å². The summed E-state index contributed by atoms with van der Waals surface area (Å²) in [6.07, 6.45) is 3.97. The molecule has 8 heteroatoms. The van der Waals surface area contributed by atoms with Crippen molar-refractivity contribution in [3.63, 3.8) is 0 Å². The Hall–Kier alpha value is -1.09. The molecule has 2 aromatic rings. The normalized spacial score (nSPS) is 26.9. The van der Waals surface area contributed by atoms with Gasteiger partial charge in [0.15, 0.2) is 0 Å². The Morgan fingerprint density at radius 1 is 1.45 bits per heavy atom. The molecule has 0 saturated carbocycles. The van der Waals surface area contributed by atoms with E-state index in [0.717, 1.165) is 12.2 Å². The standard InChI is InChI=1S/C14H17N3O3S2/c18-22(19,13-8-16-14-10(13)2-1-4-15-14)17-5-7-21-12-9-20-6-3-11(12)17/h1-2,4,8,11-12H,3,5-7,9H2,(H,15,16)/t11-,12+/m1/s1. The highest BCUT2D eigenvalue weighted by molar-refractivity contribution is 8.00. The van der Waals surface area contributed by atoms with Gasteiger partial charge in [0.2, 0.25) is 10.0 Å². The molecule has 4 heterocycles. The molecule has 0 bridgehead atoms. The number of aromatic amines is 1. The molecule has 0 unspecified atom stereocenters. The largest absolute Gasteiger partial charge is 0.380 e. The number of ether oxygens (including phenoxy) is 1. The maximum atomic E-state index is 13.1. The van der Waals surface area contributed by atoms with Crippen molar-refractivity contribution in [2.75, 3.05) is 25.5 Å². The lowest BCUT2D eigenvalue weighted by molar-refractivity contribution is 0.0625. The van der Waals surface area contributed by atoms with Crippen LogP contribution in [0.5, 0.6) is 0 Å². The van der Waals surface area contributed by atoms with Gasteiger partial charge in [-0.15, -0.1) is 0 Å². The Morgan fingerprint density at radius 2 is 2.36 bits per heavy atom. The van der Waals surface area contributed by atoms with E-state index in [1.165, 1.54) is 0 Å². The first kappa shape index (κ1) is 14.5. The summed E-state index contributed by atoms with van der Waals surface area (Å²) < 4.78 is 33.5. The first-order valence-electron chi connectivity index (χ1n) is 7.31. The monoisotopic (exact) mass is 339 g/mol. The van der Waals surface area contributed by atoms with Crippen LogP contribution in [0.25, 0.3) is 11.0 Å². The third-order valence-electron chi connectivity index (χ3n) is 4.28. The van der Waals surface area contributed by atoms with Crippen molar-refractivity contribution in [2.45, 2.75) is 22.6 Å². The fourth-order valence-electron chi connectivity index (χ4n) is 3.22. The molecule has 2 aliphatic rings. The second kappa shape index (κ2) is 5.52. The molecular formula is C14H17N3O3S2. The van der Waals surface area contributed by atoms with Gasteiger partial charge in [0, 0.05) is 48.0 Å². The Labute approximate surface area is 133 Å². The lowest BCUT2D eigenvalue weighted by Gasteiger charge is -2.42. The summed E-state index contributed by atoms with van der Waals surface area (Å²) in [4.78, 5) is 7.46. The van der Waals surface area contributed by atoms with Crippen LogP contribution in [0.4, 0.5) is 0 Å². The highest BCUT2D eigenvalue weighted by atomic mass is 32.2. The summed E-state index contributed by atoms with van der Waals surface area (Å²) in [6, 6.07) is 3.59. The van der Waals surface area contributed by atoms with Gasteiger partial charge in [-0.1, -0.05) is 0 Å². The van der Waals surface area contributed by atoms with Crippen LogP contribution in [0, 0.1) is 0 Å². The number of sulfonamides is 1. The van der Waals surface area contributed by atoms with Gasteiger partial charge in [-0.25, -0.2) is 13.4 Å². The number of hydrogen-bond acceptors (Lipinski definition) is 5. The summed E-state index contributed by atoms with van der Waals surface area (Å²) >= 11 is 1.82. The molecule has 2 aliphatic heterocycles. The molecule has 2 atom stereocenters. The van der Waals surface area contributed by atoms with E-state index in [9.17, 15) is 8.42 Å². The summed E-state index contributed by atoms with van der Waals surface area (Å²) in [5, 5.41) is 0.893. The number of aromatic nitrogens is 2. The average molecular weight is 339 g/mol. The maximum Gasteiger partial charge on any atom is 0.245 e. The van der Waals surface area contributed by atoms with Crippen molar-refractivity contribution in [3.8, 4) is 0 Å². The van der Waals surface area contributed by atoms with Crippen molar-refractivity contribution in [3.05, 3.63) is 24.5 Å². The van der Waals surface area contributed by atoms with Crippen molar-refractivity contribution in [1.82, 2.24) is 14.3 Å². The van der Waals surface area contributed by atoms with Gasteiger partial charge in [0.1, 0.15) is 10.5 Å². The number of hydrogen-bond donors (Lipinski definition) is 1. The highest BCUT2D eigenvalue weighted by Crippen LogP contribution is 2.35. The van der Waals surface area contributed by atoms with Crippen LogP contribution in [-0.2, 0) is 14.8 Å². The first-order chi connectivity index (χ1) is 10.7. The van der Waals surface area contributed by atoms with Gasteiger partial charge in [-0.2, -0.15) is 16.1 Å². The Kier molecular flexibility index (Phi) is 3.64. The maximum absolute atomic E-state index is 13.1. The molecule has 22 heavy (non-hydrogen) atoms. The molecule has 0 radical (unpaired) electrons. The number of nitrogens with one attached hydrogen (secondary N) is 1. The smallest absolute Gasteiger partial charge is 0.245 e. The molecule has 2 aromatic heterocycles. The number of fused-ring (bicyclic) bond motifs is 2. The quantitative estimate of drug-likeness (QED) is 0.896. The van der Waals surface area contributed by atoms with Gasteiger partial charge in [0.25, 0.3) is 0 Å². The van der Waals surface area contributed by atoms with E-state index in [0.29, 0.717) is 35.7 Å². The predicted molar refractivity (Wildman–Crippen MR) is 85.5 cm³/mol. The molecule has 1 N–H and O–H groups in total. The summed E-state index contributed by atoms with van der Waals surface area (Å²) in [7, 11) is -3.52. The third kappa shape index (κ3) is 2.25. The van der Waals surface area contributed by atoms with Crippen LogP contribution in [0.1, 0.15) is 6.42 Å². The van der Waals surface area contributed by atoms with Gasteiger partial charge in [-0.05, 0) is 18.6 Å². The zero-order chi connectivity index (χ0) is 15.2. The molecule has 2 fully saturated rings. The SMILES string of the molecule is O=S(=O)(c1c[nH]c2ncccc12)N1CCS[C@H]2COCC[C@H]21. The Bertz CT molecular complexity index is 787. The van der Waals surface area contributed by atoms with Gasteiger partial charge >= 0.3 is 0 Å². The van der Waals surface area contributed by atoms with E-state index in [1.54, 1.807) is 28.8 Å². The van der Waals surface area contributed by atoms with E-state index in [2.05, 4.69) is 9.97 Å². The minimum absolute atomic E-state index is 0.0270. The minimum Gasteiger partial charge on any atom is -0.380 e. The van der Waals surface area contributed by atoms with Crippen molar-refractivity contribution < 1.29 is 13.2 Å². The molecule has 118 valence electrons. The molecule has 0 aliphatic carbocycles. The van der Waals surface area contributed by atoms with Crippen LogP contribution in [0.3, 0.4) is 0 Å². The molecule has 6 nitrogen and oxygen atoms in total. The topological polar surface area (TPSA) is 75.3 Å². The summed E-state index contributed by atoms with van der Waals surface area (Å²) in [6.45, 7) is 1.82. The van der Waals surface area contributed by atoms with Crippen LogP contribution in [0.15, 0.2) is 29.4 Å². The van der Waals surface area contributed by atoms with Crippen molar-refractivity contribution in [2.24, 2.45) is 0 Å². The van der Waals surface area contributed by atoms with E-state index in [-0.39, 0.29) is 11.3 Å². The molecular weight excluding hydrogens is 322 g/mol. The van der Waals surface area contributed by atoms with Crippen molar-refractivity contribution in [1.29, 1.82) is 0 Å². The van der Waals surface area contributed by atoms with Crippen molar-refractivity contribution >= 4 is 32.8 Å². The van der Waals surface area contributed by atoms with Crippen LogP contribution >= 0.6 is 11.8 Å². The second-order valence-corrected chi connectivity index (χ2v) is 8.71. The molecule has 0 spiro atoms. The first-order valence-corrected chi connectivity index (χ1v) is 9.80. The van der Waals surface area contributed by atoms with Gasteiger partial charge < -0.3 is 9.72 Å². The number of pyridine rings is 1. The number of H-pyrrole nitrogens is 1. The summed E-state index contributed by atoms with van der Waals surface area (Å²) in [5.74, 6) is 0.810. The Morgan fingerprint density at radius 3 is 3.27 bits per heavy atom. The van der Waals surface area contributed by atoms with E-state index in [4.69, 9.17) is 4.74 Å². The zero-order valence-electron chi connectivity index (χ0n) is 11.9. The van der Waals surface area contributed by atoms with Crippen LogP contribution < -0.4 is 0 Å². The fraction of sp³-hybridized carbons (Fsp3) is 0.500. The van der Waals surface area contributed by atoms with Gasteiger partial charge in [-0.3, -0.25) is 0 Å². The third-order valence-corrected chi connectivity index (χ3v) is 7.54. The van der Waals surface area contributed by atoms with E-state index in [1.807, 2.05) is 11.8 Å². The van der Waals surface area contributed by atoms with Gasteiger partial charge in [0.05, 0.1) is 6.61 Å². The number of rotatable bonds is 2. The van der Waals surface area contributed by atoms with Crippen LogP contribution in [-0.4, -0.2) is 59.5 Å². The lowest BCUT2D eigenvalue weighted by Crippen LogP contribution is -2.54. The molecule has 4 rings (SSSR count). The zero-order valence-corrected chi connectivity index (χ0v) is 13.6. The molecule has 0 aromatic carbocycles. The molecule has 0 amide bonds. The number of nitrogens with zero attached hydrogens (tertiary/aromatic N) is 2. The predicted octanol–water partition coefficient (Wildman–Crippen LogP) is 1.46. The lowest BCUT2D eigenvalue weighted by atomic mass is 10.1. The van der Waals surface area contributed by atoms with Crippen LogP contribution in [0.2, 0.25) is 0 Å². The Balaban J connectivity index is 1.76.